The van der Waals surface area contributed by atoms with Crippen molar-refractivity contribution in [2.75, 3.05) is 7.11 Å². The molecule has 1 aromatic carbocycles. The number of rotatable bonds is 4. The molecule has 0 radical (unpaired) electrons. The summed E-state index contributed by atoms with van der Waals surface area (Å²) in [6, 6.07) is 6.12. The number of benzene rings is 1. The van der Waals surface area contributed by atoms with E-state index in [-0.39, 0.29) is 17.3 Å². The number of hydrogen-bond acceptors (Lipinski definition) is 2. The second-order valence-corrected chi connectivity index (χ2v) is 6.27. The molecule has 2 atom stereocenters. The quantitative estimate of drug-likeness (QED) is 0.901. The third kappa shape index (κ3) is 2.22. The third-order valence-electron chi connectivity index (χ3n) is 4.35. The maximum atomic E-state index is 11.3. The molecule has 1 aromatic rings. The Labute approximate surface area is 114 Å². The van der Waals surface area contributed by atoms with E-state index < -0.39 is 5.97 Å². The van der Waals surface area contributed by atoms with Crippen molar-refractivity contribution in [3.63, 3.8) is 0 Å². The summed E-state index contributed by atoms with van der Waals surface area (Å²) in [4.78, 5) is 11.3. The van der Waals surface area contributed by atoms with Gasteiger partial charge in [0.05, 0.1) is 13.0 Å². The van der Waals surface area contributed by atoms with Crippen molar-refractivity contribution in [1.29, 1.82) is 0 Å². The van der Waals surface area contributed by atoms with Crippen LogP contribution in [0.2, 0.25) is 0 Å². The second kappa shape index (κ2) is 4.55. The van der Waals surface area contributed by atoms with Crippen LogP contribution < -0.4 is 4.74 Å². The van der Waals surface area contributed by atoms with Gasteiger partial charge in [0.15, 0.2) is 0 Å². The van der Waals surface area contributed by atoms with Gasteiger partial charge >= 0.3 is 5.97 Å². The SMILES string of the molecule is COc1ccc(C(C)C)cc1C1C(C(=O)O)C1(C)C. The van der Waals surface area contributed by atoms with E-state index in [9.17, 15) is 9.90 Å². The summed E-state index contributed by atoms with van der Waals surface area (Å²) in [6.45, 7) is 8.30. The number of ether oxygens (including phenoxy) is 1. The monoisotopic (exact) mass is 262 g/mol. The van der Waals surface area contributed by atoms with E-state index in [1.807, 2.05) is 19.9 Å². The van der Waals surface area contributed by atoms with Crippen LogP contribution in [0.15, 0.2) is 18.2 Å². The predicted molar refractivity (Wildman–Crippen MR) is 74.7 cm³/mol. The zero-order valence-electron chi connectivity index (χ0n) is 12.2. The minimum atomic E-state index is -0.716. The van der Waals surface area contributed by atoms with Crippen molar-refractivity contribution in [1.82, 2.24) is 0 Å². The molecule has 0 bridgehead atoms. The summed E-state index contributed by atoms with van der Waals surface area (Å²) >= 11 is 0. The van der Waals surface area contributed by atoms with E-state index >= 15 is 0 Å². The average Bonchev–Trinajstić information content (AvgIpc) is 2.91. The molecular formula is C16H22O3. The van der Waals surface area contributed by atoms with Crippen LogP contribution in [-0.4, -0.2) is 18.2 Å². The Morgan fingerprint density at radius 2 is 2.00 bits per heavy atom. The van der Waals surface area contributed by atoms with Gasteiger partial charge in [-0.05, 0) is 28.5 Å². The molecule has 3 heteroatoms. The predicted octanol–water partition coefficient (Wildman–Crippen LogP) is 3.64. The van der Waals surface area contributed by atoms with E-state index in [4.69, 9.17) is 4.74 Å². The molecule has 1 aliphatic rings. The molecule has 0 amide bonds. The third-order valence-corrected chi connectivity index (χ3v) is 4.35. The summed E-state index contributed by atoms with van der Waals surface area (Å²) in [7, 11) is 1.64. The van der Waals surface area contributed by atoms with Crippen molar-refractivity contribution < 1.29 is 14.6 Å². The fourth-order valence-corrected chi connectivity index (χ4v) is 3.03. The van der Waals surface area contributed by atoms with Gasteiger partial charge in [-0.1, -0.05) is 39.8 Å². The van der Waals surface area contributed by atoms with Crippen molar-refractivity contribution in [3.05, 3.63) is 29.3 Å². The van der Waals surface area contributed by atoms with Gasteiger partial charge in [0.1, 0.15) is 5.75 Å². The molecule has 0 aliphatic heterocycles. The molecule has 104 valence electrons. The summed E-state index contributed by atoms with van der Waals surface area (Å²) in [5, 5.41) is 9.32. The maximum Gasteiger partial charge on any atom is 0.307 e. The van der Waals surface area contributed by atoms with Gasteiger partial charge in [-0.25, -0.2) is 0 Å². The normalized spacial score (nSPS) is 24.3. The molecule has 0 spiro atoms. The fourth-order valence-electron chi connectivity index (χ4n) is 3.03. The highest BCUT2D eigenvalue weighted by atomic mass is 16.5. The van der Waals surface area contributed by atoms with Crippen LogP contribution in [0.25, 0.3) is 0 Å². The molecule has 2 unspecified atom stereocenters. The van der Waals surface area contributed by atoms with E-state index in [1.165, 1.54) is 5.56 Å². The van der Waals surface area contributed by atoms with E-state index in [1.54, 1.807) is 7.11 Å². The molecule has 1 N–H and O–H groups in total. The van der Waals surface area contributed by atoms with Crippen LogP contribution in [0.1, 0.15) is 50.7 Å². The van der Waals surface area contributed by atoms with Crippen molar-refractivity contribution in [2.24, 2.45) is 11.3 Å². The molecule has 2 rings (SSSR count). The zero-order chi connectivity index (χ0) is 14.4. The number of carbonyl (C=O) groups is 1. The maximum absolute atomic E-state index is 11.3. The lowest BCUT2D eigenvalue weighted by atomic mass is 9.95. The minimum Gasteiger partial charge on any atom is -0.496 e. The van der Waals surface area contributed by atoms with Gasteiger partial charge in [-0.2, -0.15) is 0 Å². The number of carboxylic acids is 1. The van der Waals surface area contributed by atoms with E-state index in [0.29, 0.717) is 5.92 Å². The first-order valence-corrected chi connectivity index (χ1v) is 6.71. The number of methoxy groups -OCH3 is 1. The highest BCUT2D eigenvalue weighted by molar-refractivity contribution is 5.78. The van der Waals surface area contributed by atoms with Gasteiger partial charge in [0.2, 0.25) is 0 Å². The molecular weight excluding hydrogens is 240 g/mol. The summed E-state index contributed by atoms with van der Waals surface area (Å²) in [6.07, 6.45) is 0. The van der Waals surface area contributed by atoms with Crippen molar-refractivity contribution in [3.8, 4) is 5.75 Å². The molecule has 0 saturated heterocycles. The fraction of sp³-hybridized carbons (Fsp3) is 0.562. The van der Waals surface area contributed by atoms with Crippen LogP contribution in [-0.2, 0) is 4.79 Å². The summed E-state index contributed by atoms with van der Waals surface area (Å²) in [5.74, 6) is 0.232. The minimum absolute atomic E-state index is 0.0404. The molecule has 1 aliphatic carbocycles. The van der Waals surface area contributed by atoms with Crippen LogP contribution in [0.3, 0.4) is 0 Å². The Kier molecular flexibility index (Phi) is 3.33. The molecule has 19 heavy (non-hydrogen) atoms. The Balaban J connectivity index is 2.44. The zero-order valence-corrected chi connectivity index (χ0v) is 12.2. The Bertz CT molecular complexity index is 503. The molecule has 3 nitrogen and oxygen atoms in total. The van der Waals surface area contributed by atoms with Crippen molar-refractivity contribution >= 4 is 5.97 Å². The standard InChI is InChI=1S/C16H22O3/c1-9(2)10-6-7-12(19-5)11(8-10)13-14(15(17)18)16(13,3)4/h6-9,13-14H,1-5H3,(H,17,18). The summed E-state index contributed by atoms with van der Waals surface area (Å²) < 4.78 is 5.41. The largest absolute Gasteiger partial charge is 0.496 e. The van der Waals surface area contributed by atoms with E-state index in [0.717, 1.165) is 11.3 Å². The van der Waals surface area contributed by atoms with Gasteiger partial charge < -0.3 is 9.84 Å². The van der Waals surface area contributed by atoms with Crippen molar-refractivity contribution in [2.45, 2.75) is 39.5 Å². The average molecular weight is 262 g/mol. The smallest absolute Gasteiger partial charge is 0.307 e. The molecule has 1 saturated carbocycles. The lowest BCUT2D eigenvalue weighted by Gasteiger charge is -2.13. The number of carboxylic acid groups (broad SMARTS) is 1. The van der Waals surface area contributed by atoms with Crippen LogP contribution in [0, 0.1) is 11.3 Å². The number of hydrogen-bond donors (Lipinski definition) is 1. The first kappa shape index (κ1) is 13.9. The molecule has 0 aromatic heterocycles. The first-order valence-electron chi connectivity index (χ1n) is 6.71. The van der Waals surface area contributed by atoms with Crippen LogP contribution in [0.5, 0.6) is 5.75 Å². The van der Waals surface area contributed by atoms with Crippen LogP contribution in [0.4, 0.5) is 0 Å². The Morgan fingerprint density at radius 1 is 1.37 bits per heavy atom. The van der Waals surface area contributed by atoms with Gasteiger partial charge in [0.25, 0.3) is 0 Å². The van der Waals surface area contributed by atoms with E-state index in [2.05, 4.69) is 26.0 Å². The lowest BCUT2D eigenvalue weighted by Crippen LogP contribution is -2.03. The highest BCUT2D eigenvalue weighted by Gasteiger charge is 2.63. The summed E-state index contributed by atoms with van der Waals surface area (Å²) in [5.41, 5.74) is 2.06. The Hall–Kier alpha value is -1.51. The Morgan fingerprint density at radius 3 is 2.42 bits per heavy atom. The van der Waals surface area contributed by atoms with Gasteiger partial charge in [-0.3, -0.25) is 4.79 Å². The number of aliphatic carboxylic acids is 1. The highest BCUT2D eigenvalue weighted by Crippen LogP contribution is 2.65. The molecule has 1 fully saturated rings. The van der Waals surface area contributed by atoms with Gasteiger partial charge in [-0.15, -0.1) is 0 Å². The first-order chi connectivity index (χ1) is 8.80. The topological polar surface area (TPSA) is 46.5 Å². The lowest BCUT2D eigenvalue weighted by molar-refractivity contribution is -0.139. The molecule has 0 heterocycles. The van der Waals surface area contributed by atoms with Crippen LogP contribution >= 0.6 is 0 Å². The second-order valence-electron chi connectivity index (χ2n) is 6.27. The van der Waals surface area contributed by atoms with Gasteiger partial charge in [0, 0.05) is 5.92 Å².